The maximum atomic E-state index is 12.3. The normalized spacial score (nSPS) is 10.8. The molecule has 2 aromatic carbocycles. The third-order valence-corrected chi connectivity index (χ3v) is 6.02. The van der Waals surface area contributed by atoms with Crippen LogP contribution >= 0.6 is 0 Å². The Balaban J connectivity index is 1.66. The van der Waals surface area contributed by atoms with Crippen LogP contribution in [0.2, 0.25) is 0 Å². The Morgan fingerprint density at radius 3 is 2.58 bits per heavy atom. The number of hydrogen-bond donors (Lipinski definition) is 2. The number of hydrogen-bond acceptors (Lipinski definition) is 9. The fourth-order valence-corrected chi connectivity index (χ4v) is 3.92. The summed E-state index contributed by atoms with van der Waals surface area (Å²) in [5.41, 5.74) is 3.42. The van der Waals surface area contributed by atoms with E-state index in [-0.39, 0.29) is 5.91 Å². The number of ether oxygens (including phenoxy) is 2. The van der Waals surface area contributed by atoms with Crippen LogP contribution in [0.4, 0.5) is 23.0 Å². The predicted molar refractivity (Wildman–Crippen MR) is 158 cm³/mol. The van der Waals surface area contributed by atoms with Gasteiger partial charge in [-0.2, -0.15) is 0 Å². The number of para-hydroxylation sites is 1. The van der Waals surface area contributed by atoms with Crippen molar-refractivity contribution < 1.29 is 14.3 Å². The monoisotopic (exact) mass is 542 g/mol. The summed E-state index contributed by atoms with van der Waals surface area (Å²) in [5.74, 6) is 1.69. The Labute approximate surface area is 234 Å². The van der Waals surface area contributed by atoms with Crippen molar-refractivity contribution in [3.05, 3.63) is 73.6 Å². The molecule has 0 saturated heterocycles. The van der Waals surface area contributed by atoms with Crippen LogP contribution in [0.15, 0.2) is 73.6 Å². The lowest BCUT2D eigenvalue weighted by Crippen LogP contribution is -2.29. The second-order valence-corrected chi connectivity index (χ2v) is 9.30. The van der Waals surface area contributed by atoms with E-state index in [1.165, 1.54) is 6.08 Å². The molecule has 11 heteroatoms. The van der Waals surface area contributed by atoms with Gasteiger partial charge in [0.25, 0.3) is 0 Å². The number of amides is 1. The third kappa shape index (κ3) is 6.94. The third-order valence-electron chi connectivity index (χ3n) is 6.02. The van der Waals surface area contributed by atoms with Gasteiger partial charge in [-0.15, -0.1) is 5.10 Å². The summed E-state index contributed by atoms with van der Waals surface area (Å²) in [4.78, 5) is 25.6. The molecule has 0 aliphatic heterocycles. The largest absolute Gasteiger partial charge is 0.494 e. The number of likely N-dealkylation sites (N-methyl/N-ethyl adjacent to an activating group) is 2. The number of nitrogens with one attached hydrogen (secondary N) is 2. The first kappa shape index (κ1) is 28.1. The van der Waals surface area contributed by atoms with Crippen molar-refractivity contribution in [3.8, 4) is 28.6 Å². The molecule has 1 amide bonds. The number of aryl methyl sites for hydroxylation is 1. The van der Waals surface area contributed by atoms with E-state index in [0.717, 1.165) is 24.3 Å². The highest BCUT2D eigenvalue weighted by Crippen LogP contribution is 2.38. The quantitative estimate of drug-likeness (QED) is 0.249. The molecule has 0 unspecified atom stereocenters. The van der Waals surface area contributed by atoms with Crippen LogP contribution in [0.25, 0.3) is 11.3 Å². The Kier molecular flexibility index (Phi) is 8.97. The number of rotatable bonds is 12. The van der Waals surface area contributed by atoms with Gasteiger partial charge in [-0.05, 0) is 44.4 Å². The Morgan fingerprint density at radius 1 is 1.07 bits per heavy atom. The van der Waals surface area contributed by atoms with Crippen LogP contribution in [0.3, 0.4) is 0 Å². The van der Waals surface area contributed by atoms with E-state index < -0.39 is 0 Å². The van der Waals surface area contributed by atoms with Crippen LogP contribution in [0.1, 0.15) is 0 Å². The topological polar surface area (TPSA) is 110 Å². The molecule has 0 spiro atoms. The van der Waals surface area contributed by atoms with Gasteiger partial charge in [0.15, 0.2) is 0 Å². The molecule has 2 aromatic heterocycles. The summed E-state index contributed by atoms with van der Waals surface area (Å²) in [7, 11) is 9.41. The van der Waals surface area contributed by atoms with E-state index in [1.54, 1.807) is 30.1 Å². The lowest BCUT2D eigenvalue weighted by molar-refractivity contribution is -0.111. The van der Waals surface area contributed by atoms with Crippen molar-refractivity contribution in [1.29, 1.82) is 0 Å². The molecule has 0 aliphatic carbocycles. The number of anilines is 4. The van der Waals surface area contributed by atoms with Gasteiger partial charge in [0.2, 0.25) is 17.7 Å². The van der Waals surface area contributed by atoms with Gasteiger partial charge in [0.05, 0.1) is 29.9 Å². The zero-order valence-corrected chi connectivity index (χ0v) is 23.4. The summed E-state index contributed by atoms with van der Waals surface area (Å²) < 4.78 is 13.4. The molecule has 2 heterocycles. The smallest absolute Gasteiger partial charge is 0.247 e. The number of nitrogens with zero attached hydrogens (tertiary/aromatic N) is 6. The van der Waals surface area contributed by atoms with Crippen molar-refractivity contribution in [3.63, 3.8) is 0 Å². The maximum Gasteiger partial charge on any atom is 0.247 e. The van der Waals surface area contributed by atoms with Gasteiger partial charge in [-0.3, -0.25) is 9.48 Å². The first-order valence-electron chi connectivity index (χ1n) is 12.7. The molecule has 11 nitrogen and oxygen atoms in total. The molecule has 0 aliphatic rings. The molecule has 0 atom stereocenters. The Morgan fingerprint density at radius 2 is 1.88 bits per heavy atom. The number of carbonyl (C=O) groups excluding carboxylic acids is 1. The van der Waals surface area contributed by atoms with Crippen molar-refractivity contribution in [2.75, 3.05) is 56.9 Å². The minimum atomic E-state index is -0.318. The highest BCUT2D eigenvalue weighted by molar-refractivity contribution is 6.02. The molecular formula is C29H34N8O3. The zero-order chi connectivity index (χ0) is 28.6. The fourth-order valence-electron chi connectivity index (χ4n) is 3.92. The first-order valence-corrected chi connectivity index (χ1v) is 12.7. The predicted octanol–water partition coefficient (Wildman–Crippen LogP) is 4.54. The van der Waals surface area contributed by atoms with Gasteiger partial charge < -0.3 is 29.9 Å². The summed E-state index contributed by atoms with van der Waals surface area (Å²) in [6.45, 7) is 5.15. The minimum Gasteiger partial charge on any atom is -0.494 e. The number of benzene rings is 2. The highest BCUT2D eigenvalue weighted by atomic mass is 16.5. The van der Waals surface area contributed by atoms with Crippen molar-refractivity contribution in [2.24, 2.45) is 7.05 Å². The molecule has 2 N–H and O–H groups in total. The summed E-state index contributed by atoms with van der Waals surface area (Å²) in [6, 6.07) is 14.9. The highest BCUT2D eigenvalue weighted by Gasteiger charge is 2.17. The second kappa shape index (κ2) is 12.8. The van der Waals surface area contributed by atoms with Crippen LogP contribution in [-0.2, 0) is 11.8 Å². The molecule has 0 fully saturated rings. The van der Waals surface area contributed by atoms with E-state index in [0.29, 0.717) is 40.4 Å². The Bertz CT molecular complexity index is 1480. The maximum absolute atomic E-state index is 12.3. The molecule has 0 radical (unpaired) electrons. The molecule has 0 saturated carbocycles. The SMILES string of the molecule is C=CC(=O)Nc1cc(Nc2nccc(-c3ccccc3Oc3ccn(C)n3)n2)c(OC)cc1N(C)CCN(C)C. The molecule has 208 valence electrons. The van der Waals surface area contributed by atoms with E-state index in [9.17, 15) is 4.79 Å². The average molecular weight is 543 g/mol. The molecule has 4 aromatic rings. The molecule has 0 bridgehead atoms. The van der Waals surface area contributed by atoms with Gasteiger partial charge in [0.1, 0.15) is 11.5 Å². The molecular weight excluding hydrogens is 508 g/mol. The number of aromatic nitrogens is 4. The van der Waals surface area contributed by atoms with Gasteiger partial charge in [-0.1, -0.05) is 18.7 Å². The fraction of sp³-hybridized carbons (Fsp3) is 0.241. The minimum absolute atomic E-state index is 0.318. The van der Waals surface area contributed by atoms with Gasteiger partial charge in [0, 0.05) is 57.3 Å². The first-order chi connectivity index (χ1) is 19.3. The van der Waals surface area contributed by atoms with Crippen molar-refractivity contribution in [1.82, 2.24) is 24.6 Å². The average Bonchev–Trinajstić information content (AvgIpc) is 3.36. The molecule has 4 rings (SSSR count). The zero-order valence-electron chi connectivity index (χ0n) is 23.4. The lowest BCUT2D eigenvalue weighted by Gasteiger charge is -2.26. The molecule has 40 heavy (non-hydrogen) atoms. The van der Waals surface area contributed by atoms with Crippen molar-refractivity contribution >= 4 is 28.9 Å². The van der Waals surface area contributed by atoms with Crippen LogP contribution in [-0.4, -0.2) is 71.9 Å². The van der Waals surface area contributed by atoms with Gasteiger partial charge in [-0.25, -0.2) is 9.97 Å². The van der Waals surface area contributed by atoms with E-state index in [2.05, 4.69) is 37.1 Å². The second-order valence-electron chi connectivity index (χ2n) is 9.30. The Hall–Kier alpha value is -4.90. The van der Waals surface area contributed by atoms with E-state index in [4.69, 9.17) is 14.5 Å². The standard InChI is InChI=1S/C29H34N8O3/c1-7-27(38)31-22-18-23(26(39-6)19-24(22)36(4)17-16-35(2)3)33-29-30-14-12-21(32-29)20-10-8-9-11-25(20)40-28-13-15-37(5)34-28/h7-15,18-19H,1,16-17H2,2-6H3,(H,31,38)(H,30,32,33). The van der Waals surface area contributed by atoms with Crippen molar-refractivity contribution in [2.45, 2.75) is 0 Å². The number of methoxy groups -OCH3 is 1. The summed E-state index contributed by atoms with van der Waals surface area (Å²) >= 11 is 0. The van der Waals surface area contributed by atoms with Crippen LogP contribution in [0, 0.1) is 0 Å². The van der Waals surface area contributed by atoms with Crippen LogP contribution in [0.5, 0.6) is 17.4 Å². The van der Waals surface area contributed by atoms with Gasteiger partial charge >= 0.3 is 0 Å². The van der Waals surface area contributed by atoms with E-state index >= 15 is 0 Å². The van der Waals surface area contributed by atoms with E-state index in [1.807, 2.05) is 70.8 Å². The lowest BCUT2D eigenvalue weighted by atomic mass is 10.1. The summed E-state index contributed by atoms with van der Waals surface area (Å²) in [6.07, 6.45) is 4.71. The number of carbonyl (C=O) groups is 1. The van der Waals surface area contributed by atoms with Crippen LogP contribution < -0.4 is 25.0 Å². The summed E-state index contributed by atoms with van der Waals surface area (Å²) in [5, 5.41) is 10.5.